The Balaban J connectivity index is 2.00. The summed E-state index contributed by atoms with van der Waals surface area (Å²) in [5, 5.41) is 3.43. The highest BCUT2D eigenvalue weighted by Crippen LogP contribution is 2.29. The van der Waals surface area contributed by atoms with Gasteiger partial charge in [0, 0.05) is 6.04 Å². The summed E-state index contributed by atoms with van der Waals surface area (Å²) >= 11 is 0. The number of hydrogen-bond donors (Lipinski definition) is 1. The first-order chi connectivity index (χ1) is 8.74. The van der Waals surface area contributed by atoms with Crippen molar-refractivity contribution >= 4 is 0 Å². The fourth-order valence-electron chi connectivity index (χ4n) is 2.53. The van der Waals surface area contributed by atoms with E-state index >= 15 is 0 Å². The molecule has 1 aromatic rings. The summed E-state index contributed by atoms with van der Waals surface area (Å²) in [5.74, 6) is 1.68. The summed E-state index contributed by atoms with van der Waals surface area (Å²) in [5.41, 5.74) is 1.36. The maximum Gasteiger partial charge on any atom is 0.119 e. The van der Waals surface area contributed by atoms with Gasteiger partial charge >= 0.3 is 0 Å². The molecule has 2 unspecified atom stereocenters. The molecule has 2 atom stereocenters. The highest BCUT2D eigenvalue weighted by Gasteiger charge is 2.23. The second kappa shape index (κ2) is 6.24. The van der Waals surface area contributed by atoms with E-state index in [0.717, 1.165) is 5.75 Å². The molecule has 1 aliphatic carbocycles. The number of nitrogens with one attached hydrogen (secondary N) is 1. The van der Waals surface area contributed by atoms with Crippen molar-refractivity contribution in [1.82, 2.24) is 5.32 Å². The van der Waals surface area contributed by atoms with Crippen LogP contribution in [0.5, 0.6) is 5.75 Å². The summed E-state index contributed by atoms with van der Waals surface area (Å²) in [6.07, 6.45) is 5.41. The number of ether oxygens (including phenoxy) is 1. The van der Waals surface area contributed by atoms with Crippen molar-refractivity contribution in [2.75, 3.05) is 7.05 Å². The second-order valence-electron chi connectivity index (χ2n) is 5.42. The highest BCUT2D eigenvalue weighted by atomic mass is 16.5. The van der Waals surface area contributed by atoms with E-state index in [4.69, 9.17) is 4.74 Å². The average molecular weight is 247 g/mol. The van der Waals surface area contributed by atoms with E-state index in [1.165, 1.54) is 31.2 Å². The predicted octanol–water partition coefficient (Wildman–Crippen LogP) is 3.92. The van der Waals surface area contributed by atoms with Crippen LogP contribution in [0.3, 0.4) is 0 Å². The fraction of sp³-hybridized carbons (Fsp3) is 0.625. The van der Waals surface area contributed by atoms with E-state index in [-0.39, 0.29) is 0 Å². The fourth-order valence-corrected chi connectivity index (χ4v) is 2.53. The van der Waals surface area contributed by atoms with E-state index in [9.17, 15) is 0 Å². The molecular formula is C16H25NO. The molecule has 0 heterocycles. The van der Waals surface area contributed by atoms with Crippen molar-refractivity contribution in [3.8, 4) is 5.75 Å². The Hall–Kier alpha value is -1.02. The van der Waals surface area contributed by atoms with Crippen LogP contribution in [0.1, 0.15) is 51.1 Å². The molecule has 0 radical (unpaired) electrons. The Morgan fingerprint density at radius 2 is 1.94 bits per heavy atom. The Kier molecular flexibility index (Phi) is 4.65. The Morgan fingerprint density at radius 3 is 2.44 bits per heavy atom. The lowest BCUT2D eigenvalue weighted by molar-refractivity contribution is 0.302. The van der Waals surface area contributed by atoms with Gasteiger partial charge in [-0.05, 0) is 49.9 Å². The highest BCUT2D eigenvalue weighted by molar-refractivity contribution is 5.30. The number of rotatable bonds is 7. The molecule has 18 heavy (non-hydrogen) atoms. The van der Waals surface area contributed by atoms with Gasteiger partial charge in [0.25, 0.3) is 0 Å². The van der Waals surface area contributed by atoms with E-state index in [1.54, 1.807) is 0 Å². The monoisotopic (exact) mass is 247 g/mol. The van der Waals surface area contributed by atoms with Crippen LogP contribution in [-0.4, -0.2) is 13.2 Å². The van der Waals surface area contributed by atoms with Crippen LogP contribution in [0, 0.1) is 5.92 Å². The Bertz CT molecular complexity index is 356. The van der Waals surface area contributed by atoms with Crippen molar-refractivity contribution in [2.45, 2.75) is 51.7 Å². The van der Waals surface area contributed by atoms with Crippen LogP contribution in [0.4, 0.5) is 0 Å². The minimum Gasteiger partial charge on any atom is -0.490 e. The summed E-state index contributed by atoms with van der Waals surface area (Å²) in [4.78, 5) is 0. The van der Waals surface area contributed by atoms with Gasteiger partial charge in [0.15, 0.2) is 0 Å². The summed E-state index contributed by atoms with van der Waals surface area (Å²) in [6, 6.07) is 9.06. The lowest BCUT2D eigenvalue weighted by Crippen LogP contribution is -2.23. The number of hydrogen-bond acceptors (Lipinski definition) is 2. The Morgan fingerprint density at radius 1 is 1.28 bits per heavy atom. The van der Waals surface area contributed by atoms with E-state index < -0.39 is 0 Å². The zero-order chi connectivity index (χ0) is 13.0. The lowest BCUT2D eigenvalue weighted by atomic mass is 9.91. The molecule has 1 aromatic carbocycles. The largest absolute Gasteiger partial charge is 0.490 e. The molecule has 100 valence electrons. The summed E-state index contributed by atoms with van der Waals surface area (Å²) < 4.78 is 5.78. The van der Waals surface area contributed by atoms with Gasteiger partial charge < -0.3 is 10.1 Å². The van der Waals surface area contributed by atoms with Crippen molar-refractivity contribution in [3.63, 3.8) is 0 Å². The van der Waals surface area contributed by atoms with Crippen LogP contribution < -0.4 is 10.1 Å². The van der Waals surface area contributed by atoms with Gasteiger partial charge in [-0.15, -0.1) is 0 Å². The third-order valence-electron chi connectivity index (χ3n) is 3.69. The van der Waals surface area contributed by atoms with E-state index in [0.29, 0.717) is 18.1 Å². The molecule has 0 spiro atoms. The quantitative estimate of drug-likeness (QED) is 0.788. The molecule has 0 saturated heterocycles. The maximum atomic E-state index is 5.78. The maximum absolute atomic E-state index is 5.78. The standard InChI is InChI=1S/C16H25NO/c1-4-5-12(2)16(17-3)13-6-8-14(9-7-13)18-15-10-11-15/h6-9,12,15-17H,4-5,10-11H2,1-3H3. The first kappa shape index (κ1) is 13.4. The van der Waals surface area contributed by atoms with E-state index in [1.807, 2.05) is 7.05 Å². The van der Waals surface area contributed by atoms with E-state index in [2.05, 4.69) is 43.4 Å². The zero-order valence-corrected chi connectivity index (χ0v) is 11.8. The third kappa shape index (κ3) is 3.49. The first-order valence-corrected chi connectivity index (χ1v) is 7.18. The smallest absolute Gasteiger partial charge is 0.119 e. The molecular weight excluding hydrogens is 222 g/mol. The molecule has 1 fully saturated rings. The van der Waals surface area contributed by atoms with Crippen molar-refractivity contribution in [1.29, 1.82) is 0 Å². The first-order valence-electron chi connectivity index (χ1n) is 7.18. The summed E-state index contributed by atoms with van der Waals surface area (Å²) in [7, 11) is 2.05. The molecule has 1 saturated carbocycles. The van der Waals surface area contributed by atoms with Crippen LogP contribution in [-0.2, 0) is 0 Å². The van der Waals surface area contributed by atoms with Gasteiger partial charge in [0.2, 0.25) is 0 Å². The molecule has 0 bridgehead atoms. The Labute approximate surface area is 111 Å². The lowest BCUT2D eigenvalue weighted by Gasteiger charge is -2.24. The minimum absolute atomic E-state index is 0.444. The minimum atomic E-state index is 0.444. The van der Waals surface area contributed by atoms with Crippen molar-refractivity contribution < 1.29 is 4.74 Å². The van der Waals surface area contributed by atoms with Gasteiger partial charge in [-0.3, -0.25) is 0 Å². The molecule has 0 amide bonds. The predicted molar refractivity (Wildman–Crippen MR) is 76.0 cm³/mol. The van der Waals surface area contributed by atoms with Crippen LogP contribution in [0.2, 0.25) is 0 Å². The van der Waals surface area contributed by atoms with Crippen molar-refractivity contribution in [2.24, 2.45) is 5.92 Å². The van der Waals surface area contributed by atoms with Gasteiger partial charge in [-0.25, -0.2) is 0 Å². The molecule has 2 rings (SSSR count). The van der Waals surface area contributed by atoms with Crippen LogP contribution >= 0.6 is 0 Å². The topological polar surface area (TPSA) is 21.3 Å². The summed E-state index contributed by atoms with van der Waals surface area (Å²) in [6.45, 7) is 4.56. The zero-order valence-electron chi connectivity index (χ0n) is 11.8. The van der Waals surface area contributed by atoms with Crippen molar-refractivity contribution in [3.05, 3.63) is 29.8 Å². The average Bonchev–Trinajstić information content (AvgIpc) is 3.16. The number of benzene rings is 1. The molecule has 2 nitrogen and oxygen atoms in total. The van der Waals surface area contributed by atoms with Crippen LogP contribution in [0.25, 0.3) is 0 Å². The van der Waals surface area contributed by atoms with Gasteiger partial charge in [0.05, 0.1) is 6.10 Å². The SMILES string of the molecule is CCCC(C)C(NC)c1ccc(OC2CC2)cc1. The van der Waals surface area contributed by atoms with Gasteiger partial charge in [-0.1, -0.05) is 32.4 Å². The molecule has 2 heteroatoms. The van der Waals surface area contributed by atoms with Gasteiger partial charge in [0.1, 0.15) is 5.75 Å². The second-order valence-corrected chi connectivity index (χ2v) is 5.42. The van der Waals surface area contributed by atoms with Crippen LogP contribution in [0.15, 0.2) is 24.3 Å². The molecule has 0 aliphatic heterocycles. The molecule has 0 aromatic heterocycles. The molecule has 1 N–H and O–H groups in total. The third-order valence-corrected chi connectivity index (χ3v) is 3.69. The van der Waals surface area contributed by atoms with Gasteiger partial charge in [-0.2, -0.15) is 0 Å². The normalized spacial score (nSPS) is 18.4. The molecule has 1 aliphatic rings.